The summed E-state index contributed by atoms with van der Waals surface area (Å²) < 4.78 is 0. The topological polar surface area (TPSA) is 32.3 Å². The van der Waals surface area contributed by atoms with E-state index >= 15 is 0 Å². The van der Waals surface area contributed by atoms with Crippen LogP contribution in [-0.4, -0.2) is 37.0 Å². The van der Waals surface area contributed by atoms with Crippen molar-refractivity contribution in [2.24, 2.45) is 0 Å². The average molecular weight is 140 g/mol. The van der Waals surface area contributed by atoms with Gasteiger partial charge < -0.3 is 10.2 Å². The molecule has 1 fully saturated rings. The van der Waals surface area contributed by atoms with Crippen LogP contribution < -0.4 is 5.32 Å². The van der Waals surface area contributed by atoms with Crippen molar-refractivity contribution in [1.29, 1.82) is 0 Å². The second kappa shape index (κ2) is 2.84. The molecule has 1 N–H and O–H groups in total. The van der Waals surface area contributed by atoms with Gasteiger partial charge in [-0.25, -0.2) is 0 Å². The summed E-state index contributed by atoms with van der Waals surface area (Å²) in [6, 6.07) is 0.490. The van der Waals surface area contributed by atoms with Crippen molar-refractivity contribution in [1.82, 2.24) is 10.2 Å². The van der Waals surface area contributed by atoms with E-state index in [1.807, 2.05) is 7.05 Å². The molecule has 1 aliphatic heterocycles. The fourth-order valence-corrected chi connectivity index (χ4v) is 0.970. The largest absolute Gasteiger partial charge is 0.336 e. The summed E-state index contributed by atoms with van der Waals surface area (Å²) in [5.41, 5.74) is 0. The van der Waals surface area contributed by atoms with Crippen molar-refractivity contribution < 1.29 is 4.79 Å². The number of hydrogen-bond acceptors (Lipinski definition) is 2. The SMILES string of the molecule is C=CC(=O)N1CC(NC)C1. The average Bonchev–Trinajstić information content (AvgIpc) is 1.85. The normalized spacial score (nSPS) is 18.3. The van der Waals surface area contributed by atoms with Gasteiger partial charge in [0.1, 0.15) is 0 Å². The fourth-order valence-electron chi connectivity index (χ4n) is 0.970. The van der Waals surface area contributed by atoms with Crippen molar-refractivity contribution in [2.45, 2.75) is 6.04 Å². The number of hydrogen-bond donors (Lipinski definition) is 1. The molecule has 0 aliphatic carbocycles. The molecule has 1 aliphatic rings. The lowest BCUT2D eigenvalue weighted by atomic mass is 10.1. The minimum Gasteiger partial charge on any atom is -0.336 e. The maximum Gasteiger partial charge on any atom is 0.246 e. The maximum atomic E-state index is 10.8. The Bertz CT molecular complexity index is 150. The Labute approximate surface area is 60.7 Å². The van der Waals surface area contributed by atoms with Gasteiger partial charge in [-0.05, 0) is 13.1 Å². The minimum absolute atomic E-state index is 0.0338. The lowest BCUT2D eigenvalue weighted by molar-refractivity contribution is -0.130. The van der Waals surface area contributed by atoms with E-state index in [1.165, 1.54) is 6.08 Å². The molecule has 0 spiro atoms. The molecule has 1 rings (SSSR count). The van der Waals surface area contributed by atoms with Crippen molar-refractivity contribution in [3.63, 3.8) is 0 Å². The van der Waals surface area contributed by atoms with Gasteiger partial charge in [-0.2, -0.15) is 0 Å². The zero-order chi connectivity index (χ0) is 7.56. The van der Waals surface area contributed by atoms with Crippen molar-refractivity contribution >= 4 is 5.91 Å². The number of carbonyl (C=O) groups is 1. The summed E-state index contributed by atoms with van der Waals surface area (Å²) in [6.07, 6.45) is 1.35. The molecule has 10 heavy (non-hydrogen) atoms. The highest BCUT2D eigenvalue weighted by molar-refractivity contribution is 5.87. The number of likely N-dealkylation sites (tertiary alicyclic amines) is 1. The second-order valence-corrected chi connectivity index (χ2v) is 2.43. The van der Waals surface area contributed by atoms with Gasteiger partial charge in [0.25, 0.3) is 0 Å². The summed E-state index contributed by atoms with van der Waals surface area (Å²) in [5, 5.41) is 3.08. The van der Waals surface area contributed by atoms with E-state index in [4.69, 9.17) is 0 Å². The lowest BCUT2D eigenvalue weighted by Crippen LogP contribution is -2.58. The van der Waals surface area contributed by atoms with Crippen molar-refractivity contribution in [3.05, 3.63) is 12.7 Å². The van der Waals surface area contributed by atoms with Crippen LogP contribution in [-0.2, 0) is 4.79 Å². The van der Waals surface area contributed by atoms with Gasteiger partial charge in [0.2, 0.25) is 5.91 Å². The summed E-state index contributed by atoms with van der Waals surface area (Å²) in [6.45, 7) is 5.04. The fraction of sp³-hybridized carbons (Fsp3) is 0.571. The molecule has 1 amide bonds. The molecule has 1 heterocycles. The second-order valence-electron chi connectivity index (χ2n) is 2.43. The first-order valence-electron chi connectivity index (χ1n) is 3.36. The Morgan fingerprint density at radius 1 is 1.80 bits per heavy atom. The molecule has 56 valence electrons. The minimum atomic E-state index is 0.0338. The van der Waals surface area contributed by atoms with Gasteiger partial charge in [-0.3, -0.25) is 4.79 Å². The molecule has 0 bridgehead atoms. The van der Waals surface area contributed by atoms with E-state index in [-0.39, 0.29) is 5.91 Å². The highest BCUT2D eigenvalue weighted by Crippen LogP contribution is 2.06. The first-order chi connectivity index (χ1) is 4.77. The van der Waals surface area contributed by atoms with E-state index in [0.717, 1.165) is 13.1 Å². The van der Waals surface area contributed by atoms with Gasteiger partial charge in [-0.15, -0.1) is 0 Å². The molecule has 0 aromatic rings. The number of rotatable bonds is 2. The quantitative estimate of drug-likeness (QED) is 0.529. The first kappa shape index (κ1) is 7.28. The predicted octanol–water partition coefficient (Wildman–Crippen LogP) is -0.397. The van der Waals surface area contributed by atoms with Gasteiger partial charge in [0, 0.05) is 19.1 Å². The molecule has 0 unspecified atom stereocenters. The molecule has 0 aromatic carbocycles. The van der Waals surface area contributed by atoms with E-state index in [9.17, 15) is 4.79 Å². The van der Waals surface area contributed by atoms with Crippen molar-refractivity contribution in [2.75, 3.05) is 20.1 Å². The monoisotopic (exact) mass is 140 g/mol. The molecule has 3 nitrogen and oxygen atoms in total. The number of nitrogens with one attached hydrogen (secondary N) is 1. The smallest absolute Gasteiger partial charge is 0.246 e. The Hall–Kier alpha value is -0.830. The molecule has 1 saturated heterocycles. The molecular weight excluding hydrogens is 128 g/mol. The van der Waals surface area contributed by atoms with Crippen LogP contribution in [0.1, 0.15) is 0 Å². The number of carbonyl (C=O) groups excluding carboxylic acids is 1. The predicted molar refractivity (Wildman–Crippen MR) is 39.6 cm³/mol. The van der Waals surface area contributed by atoms with E-state index in [1.54, 1.807) is 4.90 Å². The van der Waals surface area contributed by atoms with Crippen LogP contribution in [0.3, 0.4) is 0 Å². The van der Waals surface area contributed by atoms with Gasteiger partial charge in [0.05, 0.1) is 0 Å². The number of nitrogens with zero attached hydrogens (tertiary/aromatic N) is 1. The van der Waals surface area contributed by atoms with Crippen LogP contribution in [0.5, 0.6) is 0 Å². The molecule has 3 heteroatoms. The molecule has 0 radical (unpaired) electrons. The maximum absolute atomic E-state index is 10.8. The molecule has 0 atom stereocenters. The van der Waals surface area contributed by atoms with E-state index in [0.29, 0.717) is 6.04 Å². The molecule has 0 saturated carbocycles. The van der Waals surface area contributed by atoms with E-state index in [2.05, 4.69) is 11.9 Å². The standard InChI is InChI=1S/C7H12N2O/c1-3-7(10)9-4-6(5-9)8-2/h3,6,8H,1,4-5H2,2H3. The molecule has 0 aromatic heterocycles. The highest BCUT2D eigenvalue weighted by atomic mass is 16.2. The van der Waals surface area contributed by atoms with Gasteiger partial charge >= 0.3 is 0 Å². The van der Waals surface area contributed by atoms with Gasteiger partial charge in [0.15, 0.2) is 0 Å². The highest BCUT2D eigenvalue weighted by Gasteiger charge is 2.27. The Kier molecular flexibility index (Phi) is 2.06. The third kappa shape index (κ3) is 1.19. The summed E-state index contributed by atoms with van der Waals surface area (Å²) in [4.78, 5) is 12.6. The summed E-state index contributed by atoms with van der Waals surface area (Å²) in [5.74, 6) is 0.0338. The summed E-state index contributed by atoms with van der Waals surface area (Å²) in [7, 11) is 1.90. The van der Waals surface area contributed by atoms with Crippen LogP contribution in [0, 0.1) is 0 Å². The third-order valence-corrected chi connectivity index (χ3v) is 1.78. The van der Waals surface area contributed by atoms with Crippen molar-refractivity contribution in [3.8, 4) is 0 Å². The Balaban J connectivity index is 2.25. The zero-order valence-corrected chi connectivity index (χ0v) is 6.13. The summed E-state index contributed by atoms with van der Waals surface area (Å²) >= 11 is 0. The Morgan fingerprint density at radius 3 is 2.80 bits per heavy atom. The first-order valence-corrected chi connectivity index (χ1v) is 3.36. The number of likely N-dealkylation sites (N-methyl/N-ethyl adjacent to an activating group) is 1. The molecular formula is C7H12N2O. The van der Waals surface area contributed by atoms with Crippen LogP contribution in [0.4, 0.5) is 0 Å². The van der Waals surface area contributed by atoms with Crippen LogP contribution in [0.15, 0.2) is 12.7 Å². The Morgan fingerprint density at radius 2 is 2.40 bits per heavy atom. The van der Waals surface area contributed by atoms with Crippen LogP contribution >= 0.6 is 0 Å². The van der Waals surface area contributed by atoms with E-state index < -0.39 is 0 Å². The zero-order valence-electron chi connectivity index (χ0n) is 6.13. The third-order valence-electron chi connectivity index (χ3n) is 1.78. The number of amides is 1. The van der Waals surface area contributed by atoms with Crippen LogP contribution in [0.25, 0.3) is 0 Å². The van der Waals surface area contributed by atoms with Crippen LogP contribution in [0.2, 0.25) is 0 Å². The lowest BCUT2D eigenvalue weighted by Gasteiger charge is -2.38. The van der Waals surface area contributed by atoms with Gasteiger partial charge in [-0.1, -0.05) is 6.58 Å².